The van der Waals surface area contributed by atoms with E-state index in [1.165, 1.54) is 19.2 Å². The lowest BCUT2D eigenvalue weighted by Gasteiger charge is -2.09. The van der Waals surface area contributed by atoms with Gasteiger partial charge in [0.1, 0.15) is 11.5 Å². The molecule has 2 N–H and O–H groups in total. The molecule has 0 aromatic heterocycles. The van der Waals surface area contributed by atoms with Crippen LogP contribution in [0.25, 0.3) is 0 Å². The van der Waals surface area contributed by atoms with Gasteiger partial charge in [-0.1, -0.05) is 17.7 Å². The molecule has 1 amide bonds. The summed E-state index contributed by atoms with van der Waals surface area (Å²) in [5, 5.41) is 11.6. The number of benzene rings is 2. The number of methoxy groups -OCH3 is 1. The molecule has 2 aromatic rings. The molecule has 2 aromatic carbocycles. The van der Waals surface area contributed by atoms with Gasteiger partial charge in [0, 0.05) is 17.3 Å². The zero-order valence-corrected chi connectivity index (χ0v) is 13.0. The SMILES string of the molecule is COc1ccc(C(=O)Nc2cccc(OCC(=O)O)c2)cc1Cl. The van der Waals surface area contributed by atoms with Gasteiger partial charge < -0.3 is 19.9 Å². The van der Waals surface area contributed by atoms with Gasteiger partial charge in [-0.3, -0.25) is 4.79 Å². The molecule has 0 spiro atoms. The monoisotopic (exact) mass is 335 g/mol. The molecule has 0 aliphatic rings. The first-order valence-electron chi connectivity index (χ1n) is 6.59. The van der Waals surface area contributed by atoms with Crippen molar-refractivity contribution in [3.63, 3.8) is 0 Å². The molecule has 0 radical (unpaired) electrons. The normalized spacial score (nSPS) is 10.0. The number of rotatable bonds is 6. The van der Waals surface area contributed by atoms with Gasteiger partial charge in [-0.25, -0.2) is 4.79 Å². The van der Waals surface area contributed by atoms with Crippen LogP contribution < -0.4 is 14.8 Å². The second-order valence-corrected chi connectivity index (χ2v) is 4.92. The van der Waals surface area contributed by atoms with E-state index in [9.17, 15) is 9.59 Å². The molecule has 0 fully saturated rings. The van der Waals surface area contributed by atoms with Crippen LogP contribution in [-0.4, -0.2) is 30.7 Å². The molecule has 0 saturated heterocycles. The van der Waals surface area contributed by atoms with E-state index in [0.717, 1.165) is 0 Å². The number of carbonyl (C=O) groups excluding carboxylic acids is 1. The van der Waals surface area contributed by atoms with Crippen LogP contribution in [0, 0.1) is 0 Å². The number of halogens is 1. The summed E-state index contributed by atoms with van der Waals surface area (Å²) in [4.78, 5) is 22.7. The zero-order chi connectivity index (χ0) is 16.8. The summed E-state index contributed by atoms with van der Waals surface area (Å²) in [5.41, 5.74) is 0.845. The first-order valence-corrected chi connectivity index (χ1v) is 6.97. The minimum Gasteiger partial charge on any atom is -0.495 e. The number of carbonyl (C=O) groups is 2. The van der Waals surface area contributed by atoms with Crippen molar-refractivity contribution in [2.24, 2.45) is 0 Å². The predicted octanol–water partition coefficient (Wildman–Crippen LogP) is 3.06. The third-order valence-electron chi connectivity index (χ3n) is 2.87. The number of hydrogen-bond acceptors (Lipinski definition) is 4. The van der Waals surface area contributed by atoms with Crippen LogP contribution in [0.1, 0.15) is 10.4 Å². The lowest BCUT2D eigenvalue weighted by molar-refractivity contribution is -0.139. The largest absolute Gasteiger partial charge is 0.495 e. The van der Waals surface area contributed by atoms with Crippen LogP contribution in [0.2, 0.25) is 5.02 Å². The Labute approximate surface area is 137 Å². The molecule has 120 valence electrons. The highest BCUT2D eigenvalue weighted by molar-refractivity contribution is 6.32. The molecule has 0 aliphatic heterocycles. The summed E-state index contributed by atoms with van der Waals surface area (Å²) in [6, 6.07) is 11.1. The second-order valence-electron chi connectivity index (χ2n) is 4.51. The average molecular weight is 336 g/mol. The highest BCUT2D eigenvalue weighted by Crippen LogP contribution is 2.25. The van der Waals surface area contributed by atoms with E-state index < -0.39 is 12.6 Å². The van der Waals surface area contributed by atoms with E-state index in [2.05, 4.69) is 5.32 Å². The Kier molecular flexibility index (Phi) is 5.43. The minimum absolute atomic E-state index is 0.332. The highest BCUT2D eigenvalue weighted by Gasteiger charge is 2.10. The number of hydrogen-bond donors (Lipinski definition) is 2. The predicted molar refractivity (Wildman–Crippen MR) is 85.5 cm³/mol. The molecule has 6 nitrogen and oxygen atoms in total. The van der Waals surface area contributed by atoms with Crippen LogP contribution in [0.3, 0.4) is 0 Å². The molecular weight excluding hydrogens is 322 g/mol. The van der Waals surface area contributed by atoms with Crippen molar-refractivity contribution in [1.29, 1.82) is 0 Å². The van der Waals surface area contributed by atoms with E-state index in [1.807, 2.05) is 0 Å². The van der Waals surface area contributed by atoms with Gasteiger partial charge in [0.05, 0.1) is 12.1 Å². The molecule has 7 heteroatoms. The van der Waals surface area contributed by atoms with Crippen molar-refractivity contribution < 1.29 is 24.2 Å². The number of aliphatic carboxylic acids is 1. The summed E-state index contributed by atoms with van der Waals surface area (Å²) in [6.45, 7) is -0.453. The number of nitrogens with one attached hydrogen (secondary N) is 1. The van der Waals surface area contributed by atoms with Gasteiger partial charge >= 0.3 is 5.97 Å². The van der Waals surface area contributed by atoms with Gasteiger partial charge in [0.25, 0.3) is 5.91 Å². The molecule has 0 bridgehead atoms. The molecular formula is C16H14ClNO5. The molecule has 2 rings (SSSR count). The quantitative estimate of drug-likeness (QED) is 0.847. The first kappa shape index (κ1) is 16.6. The molecule has 0 unspecified atom stereocenters. The van der Waals surface area contributed by atoms with E-state index >= 15 is 0 Å². The van der Waals surface area contributed by atoms with E-state index in [4.69, 9.17) is 26.2 Å². The molecule has 23 heavy (non-hydrogen) atoms. The van der Waals surface area contributed by atoms with Crippen LogP contribution in [0.5, 0.6) is 11.5 Å². The van der Waals surface area contributed by atoms with Crippen molar-refractivity contribution in [3.8, 4) is 11.5 Å². The standard InChI is InChI=1S/C16H14ClNO5/c1-22-14-6-5-10(7-13(14)17)16(21)18-11-3-2-4-12(8-11)23-9-15(19)20/h2-8H,9H2,1H3,(H,18,21)(H,19,20). The highest BCUT2D eigenvalue weighted by atomic mass is 35.5. The van der Waals surface area contributed by atoms with E-state index in [0.29, 0.717) is 27.8 Å². The Morgan fingerprint density at radius 2 is 2.00 bits per heavy atom. The Hall–Kier alpha value is -2.73. The van der Waals surface area contributed by atoms with Gasteiger partial charge in [-0.2, -0.15) is 0 Å². The van der Waals surface area contributed by atoms with Gasteiger partial charge in [-0.05, 0) is 30.3 Å². The van der Waals surface area contributed by atoms with Crippen molar-refractivity contribution in [2.45, 2.75) is 0 Å². The van der Waals surface area contributed by atoms with Crippen molar-refractivity contribution in [1.82, 2.24) is 0 Å². The Morgan fingerprint density at radius 1 is 1.22 bits per heavy atom. The lowest BCUT2D eigenvalue weighted by Crippen LogP contribution is -2.12. The molecule has 0 aliphatic carbocycles. The van der Waals surface area contributed by atoms with Gasteiger partial charge in [0.2, 0.25) is 0 Å². The van der Waals surface area contributed by atoms with Crippen LogP contribution in [-0.2, 0) is 4.79 Å². The Bertz CT molecular complexity index is 732. The fourth-order valence-electron chi connectivity index (χ4n) is 1.82. The Morgan fingerprint density at radius 3 is 2.65 bits per heavy atom. The fourth-order valence-corrected chi connectivity index (χ4v) is 2.08. The summed E-state index contributed by atoms with van der Waals surface area (Å²) in [5.74, 6) is -0.609. The van der Waals surface area contributed by atoms with Crippen molar-refractivity contribution >= 4 is 29.2 Å². The van der Waals surface area contributed by atoms with Gasteiger partial charge in [0.15, 0.2) is 6.61 Å². The fraction of sp³-hybridized carbons (Fsp3) is 0.125. The third kappa shape index (κ3) is 4.62. The summed E-state index contributed by atoms with van der Waals surface area (Å²) >= 11 is 5.99. The van der Waals surface area contributed by atoms with Crippen LogP contribution >= 0.6 is 11.6 Å². The van der Waals surface area contributed by atoms with Crippen molar-refractivity contribution in [3.05, 3.63) is 53.1 Å². The van der Waals surface area contributed by atoms with E-state index in [1.54, 1.807) is 30.3 Å². The second kappa shape index (κ2) is 7.51. The number of carboxylic acid groups (broad SMARTS) is 1. The van der Waals surface area contributed by atoms with Gasteiger partial charge in [-0.15, -0.1) is 0 Å². The van der Waals surface area contributed by atoms with Crippen LogP contribution in [0.4, 0.5) is 5.69 Å². The Balaban J connectivity index is 2.09. The zero-order valence-electron chi connectivity index (χ0n) is 12.2. The maximum atomic E-state index is 12.2. The maximum Gasteiger partial charge on any atom is 0.341 e. The smallest absolute Gasteiger partial charge is 0.341 e. The number of carboxylic acids is 1. The van der Waals surface area contributed by atoms with E-state index in [-0.39, 0.29) is 5.91 Å². The van der Waals surface area contributed by atoms with Crippen LogP contribution in [0.15, 0.2) is 42.5 Å². The number of anilines is 1. The lowest BCUT2D eigenvalue weighted by atomic mass is 10.2. The van der Waals surface area contributed by atoms with Crippen molar-refractivity contribution in [2.75, 3.05) is 19.0 Å². The number of amides is 1. The summed E-state index contributed by atoms with van der Waals surface area (Å²) < 4.78 is 10.1. The summed E-state index contributed by atoms with van der Waals surface area (Å²) in [7, 11) is 1.49. The molecule has 0 atom stereocenters. The molecule has 0 saturated carbocycles. The topological polar surface area (TPSA) is 84.9 Å². The minimum atomic E-state index is -1.08. The summed E-state index contributed by atoms with van der Waals surface area (Å²) in [6.07, 6.45) is 0. The average Bonchev–Trinajstić information content (AvgIpc) is 2.53. The molecule has 0 heterocycles. The first-order chi connectivity index (χ1) is 11.0. The number of ether oxygens (including phenoxy) is 2. The maximum absolute atomic E-state index is 12.2. The third-order valence-corrected chi connectivity index (χ3v) is 3.16.